The summed E-state index contributed by atoms with van der Waals surface area (Å²) in [7, 11) is 3.78. The van der Waals surface area contributed by atoms with Crippen molar-refractivity contribution in [1.82, 2.24) is 5.32 Å². The minimum Gasteiger partial charge on any atom is -0.380 e. The third-order valence-electron chi connectivity index (χ3n) is 3.18. The largest absolute Gasteiger partial charge is 0.380 e. The maximum absolute atomic E-state index is 5.41. The molecule has 2 rings (SSSR count). The van der Waals surface area contributed by atoms with E-state index < -0.39 is 0 Å². The Morgan fingerprint density at radius 1 is 1.44 bits per heavy atom. The van der Waals surface area contributed by atoms with Gasteiger partial charge in [0.25, 0.3) is 0 Å². The number of hydrogen-bond donors (Lipinski definition) is 1. The van der Waals surface area contributed by atoms with Crippen molar-refractivity contribution in [3.05, 3.63) is 29.8 Å². The zero-order valence-corrected chi connectivity index (χ0v) is 10.1. The second-order valence-electron chi connectivity index (χ2n) is 4.25. The number of rotatable bonds is 4. The first-order valence-corrected chi connectivity index (χ1v) is 5.85. The number of nitrogens with one attached hydrogen (secondary N) is 1. The summed E-state index contributed by atoms with van der Waals surface area (Å²) < 4.78 is 5.41. The number of hydrogen-bond acceptors (Lipinski definition) is 3. The molecule has 1 aliphatic heterocycles. The number of methoxy groups -OCH3 is 1. The first-order valence-electron chi connectivity index (χ1n) is 5.85. The van der Waals surface area contributed by atoms with Gasteiger partial charge in [0.1, 0.15) is 0 Å². The van der Waals surface area contributed by atoms with Crippen LogP contribution >= 0.6 is 0 Å². The summed E-state index contributed by atoms with van der Waals surface area (Å²) >= 11 is 0. The van der Waals surface area contributed by atoms with Crippen LogP contribution in [0.25, 0.3) is 0 Å². The topological polar surface area (TPSA) is 24.5 Å². The van der Waals surface area contributed by atoms with Crippen molar-refractivity contribution in [2.24, 2.45) is 0 Å². The molecule has 1 unspecified atom stereocenters. The molecule has 1 atom stereocenters. The van der Waals surface area contributed by atoms with E-state index in [-0.39, 0.29) is 0 Å². The predicted molar refractivity (Wildman–Crippen MR) is 66.8 cm³/mol. The molecule has 0 aliphatic carbocycles. The van der Waals surface area contributed by atoms with Crippen molar-refractivity contribution in [2.75, 3.05) is 32.1 Å². The molecule has 0 spiro atoms. The van der Waals surface area contributed by atoms with E-state index >= 15 is 0 Å². The first kappa shape index (κ1) is 11.4. The first-order chi connectivity index (χ1) is 7.85. The fourth-order valence-corrected chi connectivity index (χ4v) is 2.30. The minimum atomic E-state index is 0.391. The van der Waals surface area contributed by atoms with Gasteiger partial charge in [0, 0.05) is 32.4 Å². The van der Waals surface area contributed by atoms with Gasteiger partial charge in [0.15, 0.2) is 0 Å². The maximum atomic E-state index is 5.41. The van der Waals surface area contributed by atoms with Crippen LogP contribution in [0.15, 0.2) is 24.3 Å². The highest BCUT2D eigenvalue weighted by Crippen LogP contribution is 2.25. The molecule has 3 heteroatoms. The normalized spacial score (nSPS) is 20.4. The molecule has 1 aromatic rings. The van der Waals surface area contributed by atoms with Crippen LogP contribution in [0.3, 0.4) is 0 Å². The number of para-hydroxylation sites is 1. The van der Waals surface area contributed by atoms with Gasteiger partial charge in [-0.3, -0.25) is 0 Å². The Labute approximate surface area is 97.4 Å². The molecule has 0 bridgehead atoms. The Morgan fingerprint density at radius 3 is 2.94 bits per heavy atom. The summed E-state index contributed by atoms with van der Waals surface area (Å²) in [5.41, 5.74) is 2.71. The molecule has 1 N–H and O–H groups in total. The molecule has 88 valence electrons. The van der Waals surface area contributed by atoms with E-state index in [0.29, 0.717) is 6.10 Å². The second kappa shape index (κ2) is 5.32. The lowest BCUT2D eigenvalue weighted by atomic mass is 10.1. The number of anilines is 1. The highest BCUT2D eigenvalue weighted by molar-refractivity contribution is 5.54. The predicted octanol–water partition coefficient (Wildman–Crippen LogP) is 1.63. The van der Waals surface area contributed by atoms with Crippen molar-refractivity contribution in [3.63, 3.8) is 0 Å². The Kier molecular flexibility index (Phi) is 3.80. The third kappa shape index (κ3) is 2.36. The molecule has 3 nitrogen and oxygen atoms in total. The van der Waals surface area contributed by atoms with E-state index in [1.54, 1.807) is 7.11 Å². The van der Waals surface area contributed by atoms with Gasteiger partial charge in [-0.15, -0.1) is 0 Å². The zero-order valence-electron chi connectivity index (χ0n) is 10.1. The van der Waals surface area contributed by atoms with Crippen LogP contribution in [0, 0.1) is 0 Å². The van der Waals surface area contributed by atoms with E-state index in [1.807, 2.05) is 7.05 Å². The number of ether oxygens (including phenoxy) is 1. The molecule has 1 fully saturated rings. The van der Waals surface area contributed by atoms with E-state index in [2.05, 4.69) is 34.5 Å². The molecule has 1 saturated heterocycles. The average molecular weight is 220 g/mol. The fourth-order valence-electron chi connectivity index (χ4n) is 2.30. The van der Waals surface area contributed by atoms with Gasteiger partial charge in [-0.25, -0.2) is 0 Å². The summed E-state index contributed by atoms with van der Waals surface area (Å²) in [6, 6.07) is 8.59. The minimum absolute atomic E-state index is 0.391. The van der Waals surface area contributed by atoms with Crippen LogP contribution in [0.4, 0.5) is 5.69 Å². The van der Waals surface area contributed by atoms with Gasteiger partial charge in [0.05, 0.1) is 6.10 Å². The Balaban J connectivity index is 2.14. The summed E-state index contributed by atoms with van der Waals surface area (Å²) in [6.07, 6.45) is 1.52. The van der Waals surface area contributed by atoms with Crippen LogP contribution in [-0.2, 0) is 11.3 Å². The summed E-state index contributed by atoms with van der Waals surface area (Å²) in [4.78, 5) is 2.42. The van der Waals surface area contributed by atoms with Crippen LogP contribution < -0.4 is 10.2 Å². The fraction of sp³-hybridized carbons (Fsp3) is 0.538. The maximum Gasteiger partial charge on any atom is 0.0762 e. The summed E-state index contributed by atoms with van der Waals surface area (Å²) in [6.45, 7) is 3.03. The molecule has 1 aliphatic rings. The van der Waals surface area contributed by atoms with Gasteiger partial charge in [-0.2, -0.15) is 0 Å². The highest BCUT2D eigenvalue weighted by atomic mass is 16.5. The summed E-state index contributed by atoms with van der Waals surface area (Å²) in [5.74, 6) is 0. The van der Waals surface area contributed by atoms with Gasteiger partial charge < -0.3 is 15.0 Å². The Morgan fingerprint density at radius 2 is 2.25 bits per heavy atom. The Hall–Kier alpha value is -1.06. The SMILES string of the molecule is CNCc1ccccc1N1CCC(OC)C1. The van der Waals surface area contributed by atoms with Gasteiger partial charge in [-0.1, -0.05) is 18.2 Å². The molecule has 0 radical (unpaired) electrons. The standard InChI is InChI=1S/C13H20N2O/c1-14-9-11-5-3-4-6-13(11)15-8-7-12(10-15)16-2/h3-6,12,14H,7-10H2,1-2H3. The van der Waals surface area contributed by atoms with Crippen molar-refractivity contribution >= 4 is 5.69 Å². The van der Waals surface area contributed by atoms with Crippen molar-refractivity contribution in [1.29, 1.82) is 0 Å². The molecule has 0 amide bonds. The smallest absolute Gasteiger partial charge is 0.0762 e. The monoisotopic (exact) mass is 220 g/mol. The van der Waals surface area contributed by atoms with Crippen molar-refractivity contribution in [3.8, 4) is 0 Å². The van der Waals surface area contributed by atoms with E-state index in [0.717, 1.165) is 26.1 Å². The Bertz CT molecular complexity index is 340. The molecular formula is C13H20N2O. The van der Waals surface area contributed by atoms with Crippen LogP contribution in [0.2, 0.25) is 0 Å². The lowest BCUT2D eigenvalue weighted by Crippen LogP contribution is -2.24. The van der Waals surface area contributed by atoms with Gasteiger partial charge >= 0.3 is 0 Å². The van der Waals surface area contributed by atoms with E-state index in [4.69, 9.17) is 4.74 Å². The zero-order chi connectivity index (χ0) is 11.4. The van der Waals surface area contributed by atoms with E-state index in [9.17, 15) is 0 Å². The quantitative estimate of drug-likeness (QED) is 0.834. The molecule has 1 heterocycles. The van der Waals surface area contributed by atoms with Gasteiger partial charge in [0.2, 0.25) is 0 Å². The lowest BCUT2D eigenvalue weighted by Gasteiger charge is -2.21. The molecule has 0 saturated carbocycles. The number of benzene rings is 1. The van der Waals surface area contributed by atoms with Crippen LogP contribution in [0.5, 0.6) is 0 Å². The molecule has 1 aromatic carbocycles. The van der Waals surface area contributed by atoms with E-state index in [1.165, 1.54) is 11.3 Å². The van der Waals surface area contributed by atoms with Crippen LogP contribution in [0.1, 0.15) is 12.0 Å². The van der Waals surface area contributed by atoms with Gasteiger partial charge in [-0.05, 0) is 25.1 Å². The lowest BCUT2D eigenvalue weighted by molar-refractivity contribution is 0.121. The molecule has 0 aromatic heterocycles. The number of nitrogens with zero attached hydrogens (tertiary/aromatic N) is 1. The second-order valence-corrected chi connectivity index (χ2v) is 4.25. The molecular weight excluding hydrogens is 200 g/mol. The summed E-state index contributed by atoms with van der Waals surface area (Å²) in [5, 5.41) is 3.22. The third-order valence-corrected chi connectivity index (χ3v) is 3.18. The molecule has 16 heavy (non-hydrogen) atoms. The average Bonchev–Trinajstić information content (AvgIpc) is 2.79. The van der Waals surface area contributed by atoms with Crippen molar-refractivity contribution in [2.45, 2.75) is 19.1 Å². The van der Waals surface area contributed by atoms with Crippen molar-refractivity contribution < 1.29 is 4.74 Å². The highest BCUT2D eigenvalue weighted by Gasteiger charge is 2.23. The van der Waals surface area contributed by atoms with Crippen LogP contribution in [-0.4, -0.2) is 33.4 Å².